The van der Waals surface area contributed by atoms with Crippen LogP contribution in [0.5, 0.6) is 0 Å². The minimum atomic E-state index is -1.08. The molecule has 1 fully saturated rings. The number of rotatable bonds is 12. The minimum Gasteiger partial charge on any atom is -0.534 e. The fourth-order valence-corrected chi connectivity index (χ4v) is 4.08. The molecule has 2 amide bonds. The van der Waals surface area contributed by atoms with Crippen LogP contribution in [0.4, 0.5) is 0 Å². The maximum Gasteiger partial charge on any atom is 0.398 e. The summed E-state index contributed by atoms with van der Waals surface area (Å²) in [5.74, 6) is -3.55. The van der Waals surface area contributed by atoms with E-state index in [2.05, 4.69) is 20.6 Å². The summed E-state index contributed by atoms with van der Waals surface area (Å²) in [6.07, 6.45) is 4.11. The molecule has 1 radical (unpaired) electrons. The molecule has 1 aromatic carbocycles. The molecular formula is C26H32BN4O7. The lowest BCUT2D eigenvalue weighted by molar-refractivity contribution is -0.156. The second-order valence-electron chi connectivity index (χ2n) is 9.33. The summed E-state index contributed by atoms with van der Waals surface area (Å²) < 4.78 is 15.5. The molecule has 0 bridgehead atoms. The summed E-state index contributed by atoms with van der Waals surface area (Å²) in [5.41, 5.74) is 0.921. The highest BCUT2D eigenvalue weighted by Crippen LogP contribution is 2.23. The first-order valence-corrected chi connectivity index (χ1v) is 12.4. The van der Waals surface area contributed by atoms with Gasteiger partial charge in [-0.3, -0.25) is 24.2 Å². The molecule has 11 nitrogen and oxygen atoms in total. The van der Waals surface area contributed by atoms with E-state index in [1.54, 1.807) is 0 Å². The maximum absolute atomic E-state index is 13.4. The Hall–Kier alpha value is -3.80. The minimum absolute atomic E-state index is 0.0781. The molecule has 1 saturated heterocycles. The first-order chi connectivity index (χ1) is 18.3. The van der Waals surface area contributed by atoms with Crippen LogP contribution in [0.3, 0.4) is 0 Å². The molecule has 38 heavy (non-hydrogen) atoms. The Kier molecular flexibility index (Phi) is 10.8. The summed E-state index contributed by atoms with van der Waals surface area (Å²) in [6, 6.07) is 8.32. The van der Waals surface area contributed by atoms with E-state index in [0.29, 0.717) is 12.8 Å². The van der Waals surface area contributed by atoms with E-state index in [1.165, 1.54) is 33.2 Å². The van der Waals surface area contributed by atoms with E-state index in [9.17, 15) is 19.2 Å². The Morgan fingerprint density at radius 1 is 1.11 bits per heavy atom. The highest BCUT2D eigenvalue weighted by atomic mass is 16.6. The van der Waals surface area contributed by atoms with Crippen LogP contribution >= 0.6 is 0 Å². The molecule has 2 heterocycles. The third kappa shape index (κ3) is 8.37. The largest absolute Gasteiger partial charge is 0.534 e. The number of nitrogens with one attached hydrogen (secondary N) is 2. The Bertz CT molecular complexity index is 1090. The summed E-state index contributed by atoms with van der Waals surface area (Å²) in [4.78, 5) is 58.7. The normalized spacial score (nSPS) is 18.2. The lowest BCUT2D eigenvalue weighted by Crippen LogP contribution is -2.53. The topological polar surface area (TPSA) is 146 Å². The van der Waals surface area contributed by atoms with Crippen LogP contribution in [-0.4, -0.2) is 73.0 Å². The molecule has 0 saturated carbocycles. The zero-order valence-corrected chi connectivity index (χ0v) is 21.7. The number of carbonyl (C=O) groups excluding carboxylic acids is 4. The van der Waals surface area contributed by atoms with Crippen LogP contribution in [0, 0.1) is 11.8 Å². The van der Waals surface area contributed by atoms with Gasteiger partial charge in [0, 0.05) is 31.4 Å². The van der Waals surface area contributed by atoms with Crippen molar-refractivity contribution in [3.05, 3.63) is 60.2 Å². The number of carbonyl (C=O) groups is 4. The number of hydrogen-bond acceptors (Lipinski definition) is 9. The van der Waals surface area contributed by atoms with Crippen molar-refractivity contribution in [2.45, 2.75) is 51.2 Å². The van der Waals surface area contributed by atoms with E-state index in [0.717, 1.165) is 5.56 Å². The number of amides is 2. The first kappa shape index (κ1) is 28.8. The van der Waals surface area contributed by atoms with Crippen LogP contribution in [0.25, 0.3) is 0 Å². The number of methoxy groups -OCH3 is 1. The van der Waals surface area contributed by atoms with Gasteiger partial charge in [-0.1, -0.05) is 44.2 Å². The van der Waals surface area contributed by atoms with E-state index in [1.807, 2.05) is 44.2 Å². The van der Waals surface area contributed by atoms with Gasteiger partial charge in [-0.05, 0) is 24.3 Å². The molecule has 0 aliphatic carbocycles. The number of hydrogen-bond donors (Lipinski definition) is 2. The van der Waals surface area contributed by atoms with Gasteiger partial charge in [0.2, 0.25) is 5.91 Å². The molecule has 2 N–H and O–H groups in total. The molecule has 1 aromatic heterocycles. The highest BCUT2D eigenvalue weighted by Gasteiger charge is 2.41. The summed E-state index contributed by atoms with van der Waals surface area (Å²) in [7, 11) is 2.48. The van der Waals surface area contributed by atoms with Crippen LogP contribution in [0.1, 0.15) is 42.7 Å². The van der Waals surface area contributed by atoms with Crippen LogP contribution < -0.4 is 10.6 Å². The highest BCUT2D eigenvalue weighted by molar-refractivity contribution is 6.33. The summed E-state index contributed by atoms with van der Waals surface area (Å²) in [5, 5.41) is 5.59. The summed E-state index contributed by atoms with van der Waals surface area (Å²) >= 11 is 0. The van der Waals surface area contributed by atoms with Crippen molar-refractivity contribution in [3.8, 4) is 0 Å². The lowest BCUT2D eigenvalue weighted by Gasteiger charge is -2.24. The summed E-state index contributed by atoms with van der Waals surface area (Å²) in [6.45, 7) is 4.15. The van der Waals surface area contributed by atoms with E-state index in [-0.39, 0.29) is 24.6 Å². The Labute approximate surface area is 222 Å². The van der Waals surface area contributed by atoms with E-state index < -0.39 is 47.8 Å². The molecular weight excluding hydrogens is 491 g/mol. The zero-order chi connectivity index (χ0) is 27.5. The van der Waals surface area contributed by atoms with Crippen molar-refractivity contribution in [3.63, 3.8) is 0 Å². The lowest BCUT2D eigenvalue weighted by atomic mass is 9.81. The number of ether oxygens (including phenoxy) is 2. The van der Waals surface area contributed by atoms with Gasteiger partial charge in [0.05, 0.1) is 19.2 Å². The molecule has 0 spiro atoms. The van der Waals surface area contributed by atoms with E-state index in [4.69, 9.17) is 14.1 Å². The second kappa shape index (κ2) is 14.2. The predicted molar refractivity (Wildman–Crippen MR) is 137 cm³/mol. The van der Waals surface area contributed by atoms with Gasteiger partial charge in [0.25, 0.3) is 5.91 Å². The van der Waals surface area contributed by atoms with Crippen LogP contribution in [0.15, 0.2) is 48.9 Å². The number of aromatic nitrogens is 2. The predicted octanol–water partition coefficient (Wildman–Crippen LogP) is 1.05. The molecule has 1 aliphatic rings. The van der Waals surface area contributed by atoms with Crippen molar-refractivity contribution < 1.29 is 33.3 Å². The molecule has 2 aromatic rings. The number of esters is 1. The van der Waals surface area contributed by atoms with Gasteiger partial charge in [-0.25, -0.2) is 4.98 Å². The average Bonchev–Trinajstić information content (AvgIpc) is 3.41. The molecule has 3 rings (SSSR count). The van der Waals surface area contributed by atoms with Gasteiger partial charge < -0.3 is 24.8 Å². The Morgan fingerprint density at radius 3 is 2.53 bits per heavy atom. The Balaban J connectivity index is 1.69. The van der Waals surface area contributed by atoms with Crippen molar-refractivity contribution in [1.29, 1.82) is 0 Å². The van der Waals surface area contributed by atoms with Gasteiger partial charge in [0.1, 0.15) is 11.7 Å². The second-order valence-corrected chi connectivity index (χ2v) is 9.33. The van der Waals surface area contributed by atoms with Gasteiger partial charge in [0.15, 0.2) is 6.10 Å². The Morgan fingerprint density at radius 2 is 1.87 bits per heavy atom. The molecule has 1 aliphatic heterocycles. The first-order valence-electron chi connectivity index (χ1n) is 12.4. The fourth-order valence-electron chi connectivity index (χ4n) is 4.08. The molecule has 4 atom stereocenters. The van der Waals surface area contributed by atoms with Crippen molar-refractivity contribution >= 4 is 31.2 Å². The fraction of sp³-hybridized carbons (Fsp3) is 0.462. The molecule has 0 unspecified atom stereocenters. The van der Waals surface area contributed by atoms with Gasteiger partial charge in [-0.15, -0.1) is 0 Å². The average molecular weight is 523 g/mol. The van der Waals surface area contributed by atoms with Crippen molar-refractivity contribution in [2.75, 3.05) is 13.7 Å². The SMILES string of the molecule is COC(=O)[C@@H]1CCO[C@H]1C(=O)O[B][C@H](CC(C)C)NC(=O)[C@H](Cc1ccccc1)NC(=O)c1cnccn1. The standard InChI is InChI=1S/C26H32BN4O7/c1-16(2)13-21(27-38-26(35)22-18(9-12-37-22)25(34)36-3)31-23(32)19(14-17-7-5-4-6-8-17)30-24(33)20-15-28-10-11-29-20/h4-8,10-11,15-16,18-19,21-22H,9,12-14H2,1-3H3,(H,30,33)(H,31,32)/t18-,19+,21+,22-/m1/s1. The van der Waals surface area contributed by atoms with Gasteiger partial charge in [-0.2, -0.15) is 0 Å². The third-order valence-electron chi connectivity index (χ3n) is 5.93. The third-order valence-corrected chi connectivity index (χ3v) is 5.93. The van der Waals surface area contributed by atoms with Crippen LogP contribution in [0.2, 0.25) is 0 Å². The quantitative estimate of drug-likeness (QED) is 0.308. The zero-order valence-electron chi connectivity index (χ0n) is 21.7. The molecule has 201 valence electrons. The molecule has 12 heteroatoms. The van der Waals surface area contributed by atoms with E-state index >= 15 is 0 Å². The van der Waals surface area contributed by atoms with Crippen LogP contribution in [-0.2, 0) is 34.9 Å². The number of benzene rings is 1. The monoisotopic (exact) mass is 523 g/mol. The smallest absolute Gasteiger partial charge is 0.398 e. The maximum atomic E-state index is 13.4. The number of nitrogens with zero attached hydrogens (tertiary/aromatic N) is 2. The van der Waals surface area contributed by atoms with Crippen molar-refractivity contribution in [2.24, 2.45) is 11.8 Å². The van der Waals surface area contributed by atoms with Crippen molar-refractivity contribution in [1.82, 2.24) is 20.6 Å². The van der Waals surface area contributed by atoms with Gasteiger partial charge >= 0.3 is 19.4 Å².